The Morgan fingerprint density at radius 2 is 1.60 bits per heavy atom. The molecule has 112 valence electrons. The smallest absolute Gasteiger partial charge is 0.241 e. The second-order valence-corrected chi connectivity index (χ2v) is 5.44. The van der Waals surface area contributed by atoms with E-state index in [1.54, 1.807) is 0 Å². The van der Waals surface area contributed by atoms with Gasteiger partial charge in [0, 0.05) is 6.04 Å². The van der Waals surface area contributed by atoms with Crippen LogP contribution in [-0.2, 0) is 4.79 Å². The molecule has 1 aromatic rings. The normalized spacial score (nSPS) is 18.2. The number of hydrogen-bond acceptors (Lipinski definition) is 2. The van der Waals surface area contributed by atoms with E-state index in [1.807, 2.05) is 30.3 Å². The summed E-state index contributed by atoms with van der Waals surface area (Å²) in [5.41, 5.74) is 6.89. The van der Waals surface area contributed by atoms with Crippen molar-refractivity contribution in [3.05, 3.63) is 35.9 Å². The molecular formula is C16H25ClN2O. The van der Waals surface area contributed by atoms with Crippen LogP contribution in [-0.4, -0.2) is 11.9 Å². The molecule has 0 aliphatic heterocycles. The van der Waals surface area contributed by atoms with Crippen molar-refractivity contribution >= 4 is 18.3 Å². The van der Waals surface area contributed by atoms with Crippen LogP contribution in [0, 0.1) is 0 Å². The average molecular weight is 297 g/mol. The molecule has 1 aliphatic carbocycles. The lowest BCUT2D eigenvalue weighted by Gasteiger charge is -2.23. The van der Waals surface area contributed by atoms with Gasteiger partial charge in [-0.2, -0.15) is 0 Å². The fourth-order valence-electron chi connectivity index (χ4n) is 2.70. The molecule has 0 bridgehead atoms. The lowest BCUT2D eigenvalue weighted by Crippen LogP contribution is -2.41. The number of hydrogen-bond donors (Lipinski definition) is 2. The minimum atomic E-state index is -0.549. The Morgan fingerprint density at radius 1 is 1.05 bits per heavy atom. The molecule has 1 atom stereocenters. The number of halogens is 1. The van der Waals surface area contributed by atoms with Crippen molar-refractivity contribution in [2.24, 2.45) is 5.73 Å². The van der Waals surface area contributed by atoms with E-state index in [4.69, 9.17) is 5.73 Å². The van der Waals surface area contributed by atoms with Crippen molar-refractivity contribution in [2.45, 2.75) is 57.0 Å². The van der Waals surface area contributed by atoms with Crippen molar-refractivity contribution in [3.63, 3.8) is 0 Å². The largest absolute Gasteiger partial charge is 0.352 e. The Kier molecular flexibility index (Phi) is 7.63. The maximum atomic E-state index is 12.2. The number of benzene rings is 1. The molecule has 0 heterocycles. The molecular weight excluding hydrogens is 272 g/mol. The number of carbonyl (C=O) groups is 1. The van der Waals surface area contributed by atoms with Gasteiger partial charge in [-0.25, -0.2) is 0 Å². The fourth-order valence-corrected chi connectivity index (χ4v) is 2.70. The Balaban J connectivity index is 0.00000200. The highest BCUT2D eigenvalue weighted by atomic mass is 35.5. The molecule has 1 aromatic carbocycles. The molecule has 0 saturated heterocycles. The summed E-state index contributed by atoms with van der Waals surface area (Å²) in [4.78, 5) is 12.2. The van der Waals surface area contributed by atoms with Gasteiger partial charge in [-0.3, -0.25) is 4.79 Å². The molecule has 0 radical (unpaired) electrons. The predicted octanol–water partition coefficient (Wildman–Crippen LogP) is 3.34. The maximum absolute atomic E-state index is 12.2. The minimum Gasteiger partial charge on any atom is -0.352 e. The Morgan fingerprint density at radius 3 is 2.20 bits per heavy atom. The standard InChI is InChI=1S/C16H24N2O.ClH/c17-15(13-9-5-4-6-10-13)16(19)18-14-11-7-2-1-3-8-12-14;/h4-6,9-10,14-15H,1-3,7-8,11-12,17H2,(H,18,19);1H. The Hall–Kier alpha value is -1.06. The average Bonchev–Trinajstić information content (AvgIpc) is 2.41. The molecule has 0 spiro atoms. The third-order valence-corrected chi connectivity index (χ3v) is 3.89. The number of rotatable bonds is 3. The predicted molar refractivity (Wildman–Crippen MR) is 84.9 cm³/mol. The summed E-state index contributed by atoms with van der Waals surface area (Å²) in [5.74, 6) is -0.0447. The van der Waals surface area contributed by atoms with Crippen LogP contribution in [0.2, 0.25) is 0 Å². The van der Waals surface area contributed by atoms with Gasteiger partial charge in [0.2, 0.25) is 5.91 Å². The van der Waals surface area contributed by atoms with Gasteiger partial charge in [0.05, 0.1) is 0 Å². The highest BCUT2D eigenvalue weighted by Crippen LogP contribution is 2.18. The van der Waals surface area contributed by atoms with Gasteiger partial charge in [-0.1, -0.05) is 62.4 Å². The van der Waals surface area contributed by atoms with Gasteiger partial charge in [-0.15, -0.1) is 12.4 Å². The maximum Gasteiger partial charge on any atom is 0.241 e. The summed E-state index contributed by atoms with van der Waals surface area (Å²) in [6, 6.07) is 9.33. The zero-order chi connectivity index (χ0) is 13.5. The topological polar surface area (TPSA) is 55.1 Å². The third kappa shape index (κ3) is 5.14. The first-order valence-corrected chi connectivity index (χ1v) is 7.38. The number of nitrogens with two attached hydrogens (primary N) is 1. The van der Waals surface area contributed by atoms with Crippen molar-refractivity contribution in [1.29, 1.82) is 0 Å². The van der Waals surface area contributed by atoms with Crippen molar-refractivity contribution < 1.29 is 4.79 Å². The van der Waals surface area contributed by atoms with Crippen LogP contribution < -0.4 is 11.1 Å². The lowest BCUT2D eigenvalue weighted by molar-refractivity contribution is -0.123. The van der Waals surface area contributed by atoms with E-state index in [9.17, 15) is 4.79 Å². The van der Waals surface area contributed by atoms with Crippen LogP contribution >= 0.6 is 12.4 Å². The summed E-state index contributed by atoms with van der Waals surface area (Å²) in [5, 5.41) is 3.12. The lowest BCUT2D eigenvalue weighted by atomic mass is 9.96. The van der Waals surface area contributed by atoms with Gasteiger partial charge in [0.1, 0.15) is 6.04 Å². The summed E-state index contributed by atoms with van der Waals surface area (Å²) >= 11 is 0. The second-order valence-electron chi connectivity index (χ2n) is 5.44. The summed E-state index contributed by atoms with van der Waals surface area (Å²) < 4.78 is 0. The third-order valence-electron chi connectivity index (χ3n) is 3.89. The minimum absolute atomic E-state index is 0. The Labute approximate surface area is 127 Å². The number of nitrogens with one attached hydrogen (secondary N) is 1. The molecule has 3 nitrogen and oxygen atoms in total. The molecule has 2 rings (SSSR count). The molecule has 20 heavy (non-hydrogen) atoms. The zero-order valence-corrected chi connectivity index (χ0v) is 12.7. The molecule has 3 N–H and O–H groups in total. The first-order valence-electron chi connectivity index (χ1n) is 7.38. The van der Waals surface area contributed by atoms with Crippen LogP contribution in [0.3, 0.4) is 0 Å². The van der Waals surface area contributed by atoms with E-state index in [0.717, 1.165) is 18.4 Å². The van der Waals surface area contributed by atoms with E-state index in [-0.39, 0.29) is 18.3 Å². The quantitative estimate of drug-likeness (QED) is 0.899. The molecule has 1 fully saturated rings. The van der Waals surface area contributed by atoms with Crippen molar-refractivity contribution in [1.82, 2.24) is 5.32 Å². The van der Waals surface area contributed by atoms with Crippen LogP contribution in [0.5, 0.6) is 0 Å². The number of carbonyl (C=O) groups excluding carboxylic acids is 1. The van der Waals surface area contributed by atoms with Crippen LogP contribution in [0.4, 0.5) is 0 Å². The Bertz CT molecular complexity index is 389. The van der Waals surface area contributed by atoms with Crippen LogP contribution in [0.25, 0.3) is 0 Å². The summed E-state index contributed by atoms with van der Waals surface area (Å²) in [6.07, 6.45) is 8.52. The molecule has 4 heteroatoms. The van der Waals surface area contributed by atoms with Gasteiger partial charge in [0.15, 0.2) is 0 Å². The van der Waals surface area contributed by atoms with Gasteiger partial charge >= 0.3 is 0 Å². The molecule has 1 saturated carbocycles. The van der Waals surface area contributed by atoms with Gasteiger partial charge in [0.25, 0.3) is 0 Å². The first kappa shape index (κ1) is 17.0. The van der Waals surface area contributed by atoms with Gasteiger partial charge in [-0.05, 0) is 18.4 Å². The zero-order valence-electron chi connectivity index (χ0n) is 11.9. The molecule has 0 aromatic heterocycles. The molecule has 1 amide bonds. The van der Waals surface area contributed by atoms with Crippen LogP contribution in [0.1, 0.15) is 56.6 Å². The van der Waals surface area contributed by atoms with E-state index in [2.05, 4.69) is 5.32 Å². The fraction of sp³-hybridized carbons (Fsp3) is 0.562. The second kappa shape index (κ2) is 8.98. The monoisotopic (exact) mass is 296 g/mol. The van der Waals surface area contributed by atoms with E-state index in [1.165, 1.54) is 32.1 Å². The summed E-state index contributed by atoms with van der Waals surface area (Å²) in [7, 11) is 0. The van der Waals surface area contributed by atoms with E-state index >= 15 is 0 Å². The van der Waals surface area contributed by atoms with Crippen molar-refractivity contribution in [3.8, 4) is 0 Å². The van der Waals surface area contributed by atoms with Gasteiger partial charge < -0.3 is 11.1 Å². The highest BCUT2D eigenvalue weighted by molar-refractivity contribution is 5.85. The molecule has 1 aliphatic rings. The highest BCUT2D eigenvalue weighted by Gasteiger charge is 2.19. The molecule has 1 unspecified atom stereocenters. The van der Waals surface area contributed by atoms with E-state index < -0.39 is 6.04 Å². The number of amides is 1. The first-order chi connectivity index (χ1) is 9.27. The van der Waals surface area contributed by atoms with Crippen LogP contribution in [0.15, 0.2) is 30.3 Å². The van der Waals surface area contributed by atoms with E-state index in [0.29, 0.717) is 6.04 Å². The summed E-state index contributed by atoms with van der Waals surface area (Å²) in [6.45, 7) is 0. The van der Waals surface area contributed by atoms with Crippen molar-refractivity contribution in [2.75, 3.05) is 0 Å². The SMILES string of the molecule is Cl.NC(C(=O)NC1CCCCCCC1)c1ccccc1.